The van der Waals surface area contributed by atoms with E-state index in [0.717, 1.165) is 44.9 Å². The smallest absolute Gasteiger partial charge is 0.222 e. The Labute approximate surface area is 98.6 Å². The predicted molar refractivity (Wildman–Crippen MR) is 65.3 cm³/mol. The van der Waals surface area contributed by atoms with Crippen LogP contribution >= 0.6 is 0 Å². The Morgan fingerprint density at radius 2 is 2.00 bits per heavy atom. The van der Waals surface area contributed by atoms with E-state index >= 15 is 0 Å². The van der Waals surface area contributed by atoms with Crippen molar-refractivity contribution in [2.24, 2.45) is 0 Å². The van der Waals surface area contributed by atoms with Crippen molar-refractivity contribution in [2.45, 2.75) is 57.4 Å². The number of nitrogens with one attached hydrogen (secondary N) is 1. The van der Waals surface area contributed by atoms with Gasteiger partial charge in [0.05, 0.1) is 0 Å². The van der Waals surface area contributed by atoms with E-state index in [1.54, 1.807) is 0 Å². The molecule has 2 rings (SSSR count). The monoisotopic (exact) mass is 224 g/mol. The van der Waals surface area contributed by atoms with E-state index in [-0.39, 0.29) is 0 Å². The topological polar surface area (TPSA) is 32.3 Å². The number of carbonyl (C=O) groups is 1. The number of likely N-dealkylation sites (tertiary alicyclic amines) is 1. The van der Waals surface area contributed by atoms with Crippen molar-refractivity contribution in [3.05, 3.63) is 0 Å². The zero-order chi connectivity index (χ0) is 11.2. The van der Waals surface area contributed by atoms with Crippen LogP contribution in [0.5, 0.6) is 0 Å². The first-order valence-electron chi connectivity index (χ1n) is 6.87. The third-order valence-electron chi connectivity index (χ3n) is 3.81. The summed E-state index contributed by atoms with van der Waals surface area (Å²) in [5.74, 6) is 0.359. The molecule has 1 saturated carbocycles. The third-order valence-corrected chi connectivity index (χ3v) is 3.81. The zero-order valence-electron chi connectivity index (χ0n) is 10.2. The van der Waals surface area contributed by atoms with E-state index in [4.69, 9.17) is 0 Å². The number of carbonyl (C=O) groups excluding carboxylic acids is 1. The highest BCUT2D eigenvalue weighted by atomic mass is 16.2. The molecule has 3 heteroatoms. The maximum atomic E-state index is 11.4. The van der Waals surface area contributed by atoms with Gasteiger partial charge in [-0.3, -0.25) is 4.79 Å². The van der Waals surface area contributed by atoms with E-state index < -0.39 is 0 Å². The summed E-state index contributed by atoms with van der Waals surface area (Å²) in [6, 6.07) is 0.753. The van der Waals surface area contributed by atoms with Gasteiger partial charge in [-0.2, -0.15) is 0 Å². The van der Waals surface area contributed by atoms with Crippen LogP contribution in [0, 0.1) is 0 Å². The van der Waals surface area contributed by atoms with Gasteiger partial charge in [0.25, 0.3) is 0 Å². The summed E-state index contributed by atoms with van der Waals surface area (Å²) in [4.78, 5) is 13.4. The average molecular weight is 224 g/mol. The van der Waals surface area contributed by atoms with E-state index in [1.165, 1.54) is 32.1 Å². The van der Waals surface area contributed by atoms with Crippen LogP contribution in [-0.4, -0.2) is 36.5 Å². The van der Waals surface area contributed by atoms with Crippen LogP contribution in [0.3, 0.4) is 0 Å². The van der Waals surface area contributed by atoms with Gasteiger partial charge in [0.2, 0.25) is 5.91 Å². The van der Waals surface area contributed by atoms with Gasteiger partial charge < -0.3 is 10.2 Å². The van der Waals surface area contributed by atoms with Gasteiger partial charge in [-0.1, -0.05) is 19.3 Å². The minimum atomic E-state index is 0.359. The molecule has 0 unspecified atom stereocenters. The Hall–Kier alpha value is -0.570. The number of amides is 1. The standard InChI is InChI=1S/C13H24N2O/c16-13-8-4-10-15(13)11-5-9-14-12-6-2-1-3-7-12/h12,14H,1-11H2. The summed E-state index contributed by atoms with van der Waals surface area (Å²) in [7, 11) is 0. The molecule has 0 atom stereocenters. The van der Waals surface area contributed by atoms with Crippen LogP contribution in [0.15, 0.2) is 0 Å². The molecule has 0 bridgehead atoms. The molecule has 0 aromatic rings. The molecule has 16 heavy (non-hydrogen) atoms. The molecule has 1 heterocycles. The third kappa shape index (κ3) is 3.48. The van der Waals surface area contributed by atoms with Crippen LogP contribution in [0.4, 0.5) is 0 Å². The van der Waals surface area contributed by atoms with Crippen LogP contribution in [0.1, 0.15) is 51.4 Å². The molecule has 92 valence electrons. The highest BCUT2D eigenvalue weighted by molar-refractivity contribution is 5.77. The van der Waals surface area contributed by atoms with Crippen molar-refractivity contribution >= 4 is 5.91 Å². The van der Waals surface area contributed by atoms with Gasteiger partial charge in [0.1, 0.15) is 0 Å². The summed E-state index contributed by atoms with van der Waals surface area (Å²) >= 11 is 0. The molecule has 3 nitrogen and oxygen atoms in total. The first-order chi connectivity index (χ1) is 7.86. The Bertz CT molecular complexity index is 224. The molecule has 1 N–H and O–H groups in total. The van der Waals surface area contributed by atoms with Gasteiger partial charge in [-0.25, -0.2) is 0 Å². The van der Waals surface area contributed by atoms with Crippen molar-refractivity contribution < 1.29 is 4.79 Å². The molecule has 2 fully saturated rings. The molecule has 1 amide bonds. The molecule has 1 saturated heterocycles. The fourth-order valence-electron chi connectivity index (χ4n) is 2.82. The van der Waals surface area contributed by atoms with Gasteiger partial charge >= 0.3 is 0 Å². The van der Waals surface area contributed by atoms with Crippen molar-refractivity contribution in [3.63, 3.8) is 0 Å². The van der Waals surface area contributed by atoms with Crippen molar-refractivity contribution in [3.8, 4) is 0 Å². The van der Waals surface area contributed by atoms with Crippen LogP contribution < -0.4 is 5.32 Å². The van der Waals surface area contributed by atoms with Gasteiger partial charge in [-0.15, -0.1) is 0 Å². The molecule has 1 aliphatic heterocycles. The zero-order valence-corrected chi connectivity index (χ0v) is 10.2. The minimum Gasteiger partial charge on any atom is -0.343 e. The molecule has 2 aliphatic rings. The van der Waals surface area contributed by atoms with Crippen molar-refractivity contribution in [1.29, 1.82) is 0 Å². The van der Waals surface area contributed by atoms with E-state index in [2.05, 4.69) is 5.32 Å². The fourth-order valence-corrected chi connectivity index (χ4v) is 2.82. The number of rotatable bonds is 5. The molecular weight excluding hydrogens is 200 g/mol. The number of hydrogen-bond acceptors (Lipinski definition) is 2. The lowest BCUT2D eigenvalue weighted by molar-refractivity contribution is -0.127. The molecular formula is C13H24N2O. The highest BCUT2D eigenvalue weighted by Gasteiger charge is 2.19. The maximum absolute atomic E-state index is 11.4. The molecule has 0 aromatic heterocycles. The van der Waals surface area contributed by atoms with E-state index in [9.17, 15) is 4.79 Å². The molecule has 1 aliphatic carbocycles. The number of hydrogen-bond donors (Lipinski definition) is 1. The lowest BCUT2D eigenvalue weighted by Gasteiger charge is -2.23. The van der Waals surface area contributed by atoms with Crippen molar-refractivity contribution in [2.75, 3.05) is 19.6 Å². The highest BCUT2D eigenvalue weighted by Crippen LogP contribution is 2.17. The maximum Gasteiger partial charge on any atom is 0.222 e. The summed E-state index contributed by atoms with van der Waals surface area (Å²) < 4.78 is 0. The van der Waals surface area contributed by atoms with Crippen LogP contribution in [-0.2, 0) is 4.79 Å². The van der Waals surface area contributed by atoms with Gasteiger partial charge in [-0.05, 0) is 32.2 Å². The second kappa shape index (κ2) is 6.24. The fraction of sp³-hybridized carbons (Fsp3) is 0.923. The summed E-state index contributed by atoms with van der Waals surface area (Å²) in [6.45, 7) is 3.02. The van der Waals surface area contributed by atoms with Gasteiger partial charge in [0, 0.05) is 25.6 Å². The minimum absolute atomic E-state index is 0.359. The number of nitrogens with zero attached hydrogens (tertiary/aromatic N) is 1. The summed E-state index contributed by atoms with van der Waals surface area (Å²) in [5.41, 5.74) is 0. The Balaban J connectivity index is 1.52. The first kappa shape index (κ1) is 11.9. The Morgan fingerprint density at radius 3 is 2.69 bits per heavy atom. The lowest BCUT2D eigenvalue weighted by atomic mass is 9.95. The Kier molecular flexibility index (Phi) is 4.64. The quantitative estimate of drug-likeness (QED) is 0.724. The van der Waals surface area contributed by atoms with Crippen LogP contribution in [0.2, 0.25) is 0 Å². The van der Waals surface area contributed by atoms with Crippen molar-refractivity contribution in [1.82, 2.24) is 10.2 Å². The molecule has 0 spiro atoms. The molecule has 0 aromatic carbocycles. The van der Waals surface area contributed by atoms with E-state index in [1.807, 2.05) is 4.90 Å². The first-order valence-corrected chi connectivity index (χ1v) is 6.87. The van der Waals surface area contributed by atoms with Gasteiger partial charge in [0.15, 0.2) is 0 Å². The molecule has 0 radical (unpaired) electrons. The largest absolute Gasteiger partial charge is 0.343 e. The lowest BCUT2D eigenvalue weighted by Crippen LogP contribution is -2.34. The average Bonchev–Trinajstić information content (AvgIpc) is 2.72. The van der Waals surface area contributed by atoms with Crippen LogP contribution in [0.25, 0.3) is 0 Å². The normalized spacial score (nSPS) is 23.0. The Morgan fingerprint density at radius 1 is 1.19 bits per heavy atom. The summed E-state index contributed by atoms with van der Waals surface area (Å²) in [5, 5.41) is 3.62. The summed E-state index contributed by atoms with van der Waals surface area (Å²) in [6.07, 6.45) is 9.85. The predicted octanol–water partition coefficient (Wildman–Crippen LogP) is 1.92. The second-order valence-electron chi connectivity index (χ2n) is 5.13. The second-order valence-corrected chi connectivity index (χ2v) is 5.13. The van der Waals surface area contributed by atoms with E-state index in [0.29, 0.717) is 5.91 Å². The SMILES string of the molecule is O=C1CCCN1CCCNC1CCCCC1.